The summed E-state index contributed by atoms with van der Waals surface area (Å²) < 4.78 is 5.56. The van der Waals surface area contributed by atoms with Gasteiger partial charge >= 0.3 is 0 Å². The van der Waals surface area contributed by atoms with Gasteiger partial charge in [-0.2, -0.15) is 0 Å². The van der Waals surface area contributed by atoms with Crippen LogP contribution < -0.4 is 4.74 Å². The van der Waals surface area contributed by atoms with Crippen molar-refractivity contribution in [3.8, 4) is 5.75 Å². The van der Waals surface area contributed by atoms with Crippen LogP contribution in [0.25, 0.3) is 0 Å². The minimum atomic E-state index is 0.0730. The van der Waals surface area contributed by atoms with Gasteiger partial charge in [0.2, 0.25) is 5.90 Å². The molecular weight excluding hydrogens is 204 g/mol. The van der Waals surface area contributed by atoms with E-state index in [9.17, 15) is 0 Å². The number of ether oxygens (including phenoxy) is 1. The Morgan fingerprint density at radius 2 is 2.25 bits per heavy atom. The Hall–Kier alpha value is -1.58. The van der Waals surface area contributed by atoms with Crippen LogP contribution >= 0.6 is 0 Å². The molecule has 2 rings (SSSR count). The highest BCUT2D eigenvalue weighted by Gasteiger charge is 2.33. The van der Waals surface area contributed by atoms with Gasteiger partial charge in [0.1, 0.15) is 11.9 Å². The third kappa shape index (κ3) is 2.51. The van der Waals surface area contributed by atoms with Crippen molar-refractivity contribution in [2.45, 2.75) is 33.3 Å². The SMILES string of the molecule is CC(C)(C)C1CC(Oc2cccnc2)=NO1. The number of oxime groups is 1. The lowest BCUT2D eigenvalue weighted by Gasteiger charge is -2.23. The van der Waals surface area contributed by atoms with Crippen LogP contribution in [0.3, 0.4) is 0 Å². The molecule has 1 aromatic rings. The number of pyridine rings is 1. The Balaban J connectivity index is 1.95. The molecule has 1 atom stereocenters. The van der Waals surface area contributed by atoms with Gasteiger partial charge in [-0.15, -0.1) is 0 Å². The van der Waals surface area contributed by atoms with E-state index in [-0.39, 0.29) is 11.5 Å². The minimum Gasteiger partial charge on any atom is -0.438 e. The number of hydrogen-bond acceptors (Lipinski definition) is 4. The largest absolute Gasteiger partial charge is 0.438 e. The van der Waals surface area contributed by atoms with E-state index in [1.165, 1.54) is 0 Å². The van der Waals surface area contributed by atoms with Crippen molar-refractivity contribution < 1.29 is 9.57 Å². The number of hydrogen-bond donors (Lipinski definition) is 0. The zero-order chi connectivity index (χ0) is 11.6. The molecule has 86 valence electrons. The zero-order valence-corrected chi connectivity index (χ0v) is 9.80. The summed E-state index contributed by atoms with van der Waals surface area (Å²) in [5.41, 5.74) is 0.0730. The molecule has 16 heavy (non-hydrogen) atoms. The zero-order valence-electron chi connectivity index (χ0n) is 9.80. The number of nitrogens with zero attached hydrogens (tertiary/aromatic N) is 2. The summed E-state index contributed by atoms with van der Waals surface area (Å²) in [6.45, 7) is 6.38. The molecule has 1 unspecified atom stereocenters. The summed E-state index contributed by atoms with van der Waals surface area (Å²) in [5, 5.41) is 3.95. The van der Waals surface area contributed by atoms with Crippen LogP contribution in [0, 0.1) is 5.41 Å². The molecule has 0 radical (unpaired) electrons. The summed E-state index contributed by atoms with van der Waals surface area (Å²) >= 11 is 0. The Kier molecular flexibility index (Phi) is 2.81. The molecule has 4 heteroatoms. The second kappa shape index (κ2) is 4.12. The molecule has 0 N–H and O–H groups in total. The standard InChI is InChI=1S/C12H16N2O2/c1-12(2,3)10-7-11(14-16-10)15-9-5-4-6-13-8-9/h4-6,8,10H,7H2,1-3H3. The molecular formula is C12H16N2O2. The summed E-state index contributed by atoms with van der Waals surface area (Å²) in [4.78, 5) is 9.32. The van der Waals surface area contributed by atoms with E-state index in [1.807, 2.05) is 12.1 Å². The molecule has 0 aliphatic carbocycles. The van der Waals surface area contributed by atoms with Gasteiger partial charge in [-0.05, 0) is 12.1 Å². The normalized spacial score (nSPS) is 20.2. The lowest BCUT2D eigenvalue weighted by molar-refractivity contribution is 0.00829. The van der Waals surface area contributed by atoms with Crippen LogP contribution in [0.1, 0.15) is 27.2 Å². The third-order valence-corrected chi connectivity index (χ3v) is 2.48. The number of aromatic nitrogens is 1. The van der Waals surface area contributed by atoms with Crippen LogP contribution in [0.2, 0.25) is 0 Å². The van der Waals surface area contributed by atoms with Crippen molar-refractivity contribution in [2.24, 2.45) is 10.6 Å². The Bertz CT molecular complexity index is 382. The predicted molar refractivity (Wildman–Crippen MR) is 61.2 cm³/mol. The molecule has 0 fully saturated rings. The van der Waals surface area contributed by atoms with Crippen molar-refractivity contribution in [3.05, 3.63) is 24.5 Å². The van der Waals surface area contributed by atoms with E-state index < -0.39 is 0 Å². The maximum atomic E-state index is 5.56. The molecule has 4 nitrogen and oxygen atoms in total. The van der Waals surface area contributed by atoms with E-state index in [4.69, 9.17) is 9.57 Å². The van der Waals surface area contributed by atoms with Crippen LogP contribution in [0.15, 0.2) is 29.7 Å². The van der Waals surface area contributed by atoms with Crippen molar-refractivity contribution in [3.63, 3.8) is 0 Å². The first-order valence-electron chi connectivity index (χ1n) is 5.36. The Morgan fingerprint density at radius 3 is 2.81 bits per heavy atom. The maximum absolute atomic E-state index is 5.56. The Labute approximate surface area is 95.3 Å². The summed E-state index contributed by atoms with van der Waals surface area (Å²) in [7, 11) is 0. The average molecular weight is 220 g/mol. The first kappa shape index (κ1) is 10.9. The van der Waals surface area contributed by atoms with Crippen molar-refractivity contribution in [1.29, 1.82) is 0 Å². The van der Waals surface area contributed by atoms with Crippen LogP contribution in [-0.4, -0.2) is 17.0 Å². The van der Waals surface area contributed by atoms with E-state index >= 15 is 0 Å². The van der Waals surface area contributed by atoms with E-state index in [2.05, 4.69) is 30.9 Å². The molecule has 0 aromatic carbocycles. The topological polar surface area (TPSA) is 43.7 Å². The van der Waals surface area contributed by atoms with E-state index in [0.717, 1.165) is 0 Å². The van der Waals surface area contributed by atoms with Crippen molar-refractivity contribution in [2.75, 3.05) is 0 Å². The van der Waals surface area contributed by atoms with E-state index in [1.54, 1.807) is 12.4 Å². The summed E-state index contributed by atoms with van der Waals surface area (Å²) in [6, 6.07) is 3.67. The molecule has 1 aliphatic rings. The van der Waals surface area contributed by atoms with Gasteiger partial charge in [-0.3, -0.25) is 4.98 Å². The predicted octanol–water partition coefficient (Wildman–Crippen LogP) is 2.61. The fourth-order valence-corrected chi connectivity index (χ4v) is 1.42. The molecule has 1 aliphatic heterocycles. The minimum absolute atomic E-state index is 0.0730. The van der Waals surface area contributed by atoms with Gasteiger partial charge in [0.25, 0.3) is 0 Å². The molecule has 0 amide bonds. The van der Waals surface area contributed by atoms with Crippen LogP contribution in [0.4, 0.5) is 0 Å². The van der Waals surface area contributed by atoms with Crippen LogP contribution in [0.5, 0.6) is 5.75 Å². The highest BCUT2D eigenvalue weighted by molar-refractivity contribution is 5.79. The van der Waals surface area contributed by atoms with Gasteiger partial charge in [0.15, 0.2) is 0 Å². The lowest BCUT2D eigenvalue weighted by atomic mass is 9.87. The van der Waals surface area contributed by atoms with E-state index in [0.29, 0.717) is 18.1 Å². The Morgan fingerprint density at radius 1 is 1.44 bits per heavy atom. The third-order valence-electron chi connectivity index (χ3n) is 2.48. The van der Waals surface area contributed by atoms with Gasteiger partial charge in [0, 0.05) is 11.6 Å². The second-order valence-electron chi connectivity index (χ2n) is 4.94. The number of rotatable bonds is 1. The van der Waals surface area contributed by atoms with Crippen LogP contribution in [-0.2, 0) is 4.84 Å². The maximum Gasteiger partial charge on any atom is 0.235 e. The highest BCUT2D eigenvalue weighted by atomic mass is 16.7. The van der Waals surface area contributed by atoms with Gasteiger partial charge in [0.05, 0.1) is 12.6 Å². The molecule has 0 bridgehead atoms. The first-order valence-corrected chi connectivity index (χ1v) is 5.36. The lowest BCUT2D eigenvalue weighted by Crippen LogP contribution is -2.26. The van der Waals surface area contributed by atoms with Gasteiger partial charge < -0.3 is 9.57 Å². The second-order valence-corrected chi connectivity index (χ2v) is 4.94. The fraction of sp³-hybridized carbons (Fsp3) is 0.500. The highest BCUT2D eigenvalue weighted by Crippen LogP contribution is 2.29. The summed E-state index contributed by atoms with van der Waals surface area (Å²) in [6.07, 6.45) is 4.16. The average Bonchev–Trinajstić information content (AvgIpc) is 2.67. The molecule has 0 saturated carbocycles. The van der Waals surface area contributed by atoms with Gasteiger partial charge in [-0.1, -0.05) is 25.9 Å². The van der Waals surface area contributed by atoms with Gasteiger partial charge in [-0.25, -0.2) is 0 Å². The summed E-state index contributed by atoms with van der Waals surface area (Å²) in [5.74, 6) is 1.31. The molecule has 0 saturated heterocycles. The smallest absolute Gasteiger partial charge is 0.235 e. The molecule has 1 aromatic heterocycles. The quantitative estimate of drug-likeness (QED) is 0.730. The fourth-order valence-electron chi connectivity index (χ4n) is 1.42. The first-order chi connectivity index (χ1) is 7.55. The monoisotopic (exact) mass is 220 g/mol. The van der Waals surface area contributed by atoms with Crippen molar-refractivity contribution >= 4 is 5.90 Å². The van der Waals surface area contributed by atoms with Crippen molar-refractivity contribution in [1.82, 2.24) is 4.98 Å². The molecule has 0 spiro atoms. The molecule has 2 heterocycles.